The number of alkyl halides is 3. The van der Waals surface area contributed by atoms with Crippen molar-refractivity contribution in [3.63, 3.8) is 0 Å². The smallest absolute Gasteiger partial charge is 0.428 e. The first-order valence-corrected chi connectivity index (χ1v) is 5.39. The van der Waals surface area contributed by atoms with Crippen molar-refractivity contribution < 1.29 is 28.9 Å². The second kappa shape index (κ2) is 5.84. The van der Waals surface area contributed by atoms with Crippen LogP contribution in [0.25, 0.3) is 0 Å². The van der Waals surface area contributed by atoms with E-state index in [2.05, 4.69) is 9.47 Å². The van der Waals surface area contributed by atoms with Crippen molar-refractivity contribution in [2.45, 2.75) is 36.5 Å². The Kier molecular flexibility index (Phi) is 5.64. The van der Waals surface area contributed by atoms with Gasteiger partial charge in [-0.05, 0) is 20.8 Å². The van der Waals surface area contributed by atoms with Gasteiger partial charge >= 0.3 is 18.6 Å². The van der Waals surface area contributed by atoms with Crippen molar-refractivity contribution in [3.8, 4) is 0 Å². The Morgan fingerprint density at radius 2 is 1.53 bits per heavy atom. The van der Waals surface area contributed by atoms with E-state index in [9.17, 15) is 14.7 Å². The highest BCUT2D eigenvalue weighted by atomic mass is 35.6. The van der Waals surface area contributed by atoms with Gasteiger partial charge in [-0.25, -0.2) is 4.79 Å². The average Bonchev–Trinajstić information content (AvgIpc) is 1.95. The second-order valence-corrected chi connectivity index (χ2v) is 6.19. The van der Waals surface area contributed by atoms with Crippen LogP contribution in [0, 0.1) is 0 Å². The minimum atomic E-state index is -2.29. The van der Waals surface area contributed by atoms with Gasteiger partial charge < -0.3 is 14.2 Å². The quantitative estimate of drug-likeness (QED) is 0.444. The normalized spacial score (nSPS) is 13.8. The molecule has 0 aliphatic heterocycles. The van der Waals surface area contributed by atoms with E-state index in [1.165, 1.54) is 0 Å². The van der Waals surface area contributed by atoms with Crippen molar-refractivity contribution >= 4 is 47.1 Å². The van der Waals surface area contributed by atoms with Crippen LogP contribution < -0.4 is 0 Å². The fourth-order valence-corrected chi connectivity index (χ4v) is 0.874. The lowest BCUT2D eigenvalue weighted by atomic mass is 10.2. The van der Waals surface area contributed by atoms with E-state index in [-0.39, 0.29) is 0 Å². The van der Waals surface area contributed by atoms with Gasteiger partial charge in [-0.3, -0.25) is 0 Å². The van der Waals surface area contributed by atoms with Crippen LogP contribution in [0.3, 0.4) is 0 Å². The molecule has 0 bridgehead atoms. The Morgan fingerprint density at radius 3 is 1.82 bits per heavy atom. The Labute approximate surface area is 113 Å². The number of hydrogen-bond donors (Lipinski definition) is 0. The molecule has 6 nitrogen and oxygen atoms in total. The molecule has 0 aromatic rings. The molecule has 99 valence electrons. The maximum atomic E-state index is 11.2. The molecule has 9 heteroatoms. The third-order valence-corrected chi connectivity index (χ3v) is 1.60. The van der Waals surface area contributed by atoms with Gasteiger partial charge in [0.25, 0.3) is 3.79 Å². The van der Waals surface area contributed by atoms with Crippen molar-refractivity contribution in [2.75, 3.05) is 0 Å². The van der Waals surface area contributed by atoms with E-state index in [0.29, 0.717) is 0 Å². The lowest BCUT2D eigenvalue weighted by molar-refractivity contribution is -0.113. The predicted octanol–water partition coefficient (Wildman–Crippen LogP) is 3.20. The topological polar surface area (TPSA) is 81.7 Å². The van der Waals surface area contributed by atoms with Crippen molar-refractivity contribution in [3.05, 3.63) is 0 Å². The third kappa shape index (κ3) is 8.18. The summed E-state index contributed by atoms with van der Waals surface area (Å²) in [7, 11) is 0. The van der Waals surface area contributed by atoms with Crippen LogP contribution in [0.5, 0.6) is 0 Å². The molecule has 0 N–H and O–H groups in total. The summed E-state index contributed by atoms with van der Waals surface area (Å²) >= 11 is 16.0. The molecule has 0 saturated carbocycles. The van der Waals surface area contributed by atoms with Crippen LogP contribution in [-0.2, 0) is 19.3 Å². The minimum Gasteiger partial charge on any atom is -0.428 e. The highest BCUT2D eigenvalue weighted by Gasteiger charge is 2.41. The zero-order valence-electron chi connectivity index (χ0n) is 9.16. The minimum absolute atomic E-state index is 0.850. The van der Waals surface area contributed by atoms with E-state index in [1.807, 2.05) is 0 Å². The first kappa shape index (κ1) is 16.4. The maximum Gasteiger partial charge on any atom is 0.553 e. The van der Waals surface area contributed by atoms with Crippen LogP contribution in [0.1, 0.15) is 20.8 Å². The molecule has 0 aliphatic rings. The summed E-state index contributed by atoms with van der Waals surface area (Å²) in [5, 5.41) is 10.2. The molecule has 0 aliphatic carbocycles. The zero-order valence-corrected chi connectivity index (χ0v) is 11.4. The van der Waals surface area contributed by atoms with Gasteiger partial charge in [0.2, 0.25) is 0 Å². The van der Waals surface area contributed by atoms with Gasteiger partial charge in [-0.2, -0.15) is 9.90 Å². The molecule has 0 spiro atoms. The zero-order chi connectivity index (χ0) is 13.9. The number of halogens is 3. The summed E-state index contributed by atoms with van der Waals surface area (Å²) in [6, 6.07) is 0. The fourth-order valence-electron chi connectivity index (χ4n) is 0.607. The van der Waals surface area contributed by atoms with E-state index in [4.69, 9.17) is 39.5 Å². The first-order valence-electron chi connectivity index (χ1n) is 4.26. The highest BCUT2D eigenvalue weighted by molar-refractivity contribution is 6.68. The lowest BCUT2D eigenvalue weighted by Crippen LogP contribution is -2.37. The van der Waals surface area contributed by atoms with Crippen LogP contribution in [0.4, 0.5) is 9.59 Å². The average molecular weight is 309 g/mol. The molecule has 0 heterocycles. The van der Waals surface area contributed by atoms with Crippen molar-refractivity contribution in [1.29, 1.82) is 0 Å². The maximum absolute atomic E-state index is 11.2. The highest BCUT2D eigenvalue weighted by Crippen LogP contribution is 2.33. The predicted molar refractivity (Wildman–Crippen MR) is 58.6 cm³/mol. The van der Waals surface area contributed by atoms with Gasteiger partial charge in [0.1, 0.15) is 5.60 Å². The largest absolute Gasteiger partial charge is 0.553 e. The molecule has 0 aromatic carbocycles. The molecule has 0 rings (SSSR count). The molecule has 1 radical (unpaired) electrons. The lowest BCUT2D eigenvalue weighted by Gasteiger charge is -2.24. The molecular formula is C8H10Cl3O6. The van der Waals surface area contributed by atoms with Crippen LogP contribution in [0.15, 0.2) is 0 Å². The molecule has 0 saturated heterocycles. The van der Waals surface area contributed by atoms with E-state index < -0.39 is 28.0 Å². The van der Waals surface area contributed by atoms with Gasteiger partial charge in [0.05, 0.1) is 0 Å². The molecule has 0 amide bonds. The molecule has 1 unspecified atom stereocenters. The molecule has 17 heavy (non-hydrogen) atoms. The summed E-state index contributed by atoms with van der Waals surface area (Å²) in [4.78, 5) is 21.4. The Balaban J connectivity index is 4.55. The van der Waals surface area contributed by atoms with E-state index >= 15 is 0 Å². The SMILES string of the molecule is CC(C)(C)OC(=O)OC(OC([O])=O)C(Cl)(Cl)Cl. The number of ether oxygens (including phenoxy) is 3. The molecule has 1 atom stereocenters. The van der Waals surface area contributed by atoms with Crippen LogP contribution in [-0.4, -0.2) is 28.0 Å². The van der Waals surface area contributed by atoms with Crippen molar-refractivity contribution in [2.24, 2.45) is 0 Å². The standard InChI is InChI=1S/C8H10Cl3O6/c1-7(2,3)17-6(14)16-4(8(9,10)11)15-5(12)13/h4H,1-3H3. The number of carbonyl (C=O) groups is 2. The number of rotatable bonds is 2. The summed E-state index contributed by atoms with van der Waals surface area (Å²) in [5.74, 6) is 0. The molecule has 0 aromatic heterocycles. The monoisotopic (exact) mass is 307 g/mol. The van der Waals surface area contributed by atoms with Crippen LogP contribution >= 0.6 is 34.8 Å². The molecule has 0 fully saturated rings. The second-order valence-electron chi connectivity index (χ2n) is 3.82. The first-order chi connectivity index (χ1) is 7.42. The Morgan fingerprint density at radius 1 is 1.06 bits per heavy atom. The van der Waals surface area contributed by atoms with Crippen LogP contribution in [0.2, 0.25) is 0 Å². The number of hydrogen-bond acceptors (Lipinski definition) is 5. The van der Waals surface area contributed by atoms with Gasteiger partial charge in [0.15, 0.2) is 0 Å². The summed E-state index contributed by atoms with van der Waals surface area (Å²) in [5.41, 5.74) is -0.850. The number of carbonyl (C=O) groups excluding carboxylic acids is 2. The van der Waals surface area contributed by atoms with Gasteiger partial charge in [-0.15, -0.1) is 0 Å². The summed E-state index contributed by atoms with van der Waals surface area (Å²) in [6.07, 6.45) is -5.23. The summed E-state index contributed by atoms with van der Waals surface area (Å²) in [6.45, 7) is 4.70. The Hall–Kier alpha value is -0.590. The molecular weight excluding hydrogens is 298 g/mol. The van der Waals surface area contributed by atoms with E-state index in [0.717, 1.165) is 0 Å². The Bertz CT molecular complexity index is 293. The van der Waals surface area contributed by atoms with Gasteiger partial charge in [0, 0.05) is 0 Å². The van der Waals surface area contributed by atoms with Crippen molar-refractivity contribution in [1.82, 2.24) is 0 Å². The summed E-state index contributed by atoms with van der Waals surface area (Å²) < 4.78 is 10.8. The third-order valence-electron chi connectivity index (χ3n) is 1.06. The van der Waals surface area contributed by atoms with Gasteiger partial charge in [-0.1, -0.05) is 34.8 Å². The fraction of sp³-hybridized carbons (Fsp3) is 0.750. The van der Waals surface area contributed by atoms with E-state index in [1.54, 1.807) is 20.8 Å².